The van der Waals surface area contributed by atoms with Crippen LogP contribution in [-0.4, -0.2) is 18.1 Å². The highest BCUT2D eigenvalue weighted by Gasteiger charge is 2.43. The molecule has 0 aromatic heterocycles. The Morgan fingerprint density at radius 1 is 1.00 bits per heavy atom. The highest BCUT2D eigenvalue weighted by atomic mass is 19.1. The molecule has 2 atom stereocenters. The van der Waals surface area contributed by atoms with Crippen LogP contribution in [0.25, 0.3) is 0 Å². The molecule has 2 aromatic carbocycles. The van der Waals surface area contributed by atoms with Gasteiger partial charge in [0.05, 0.1) is 12.1 Å². The molecule has 2 fully saturated rings. The van der Waals surface area contributed by atoms with Crippen molar-refractivity contribution in [3.8, 4) is 5.75 Å². The first-order chi connectivity index (χ1) is 12.7. The molecule has 4 heteroatoms. The summed E-state index contributed by atoms with van der Waals surface area (Å²) in [6, 6.07) is 17.0. The van der Waals surface area contributed by atoms with Gasteiger partial charge in [-0.3, -0.25) is 0 Å². The molecule has 4 N–H and O–H groups in total. The van der Waals surface area contributed by atoms with Crippen LogP contribution in [0.5, 0.6) is 5.75 Å². The summed E-state index contributed by atoms with van der Waals surface area (Å²) in [4.78, 5) is 0. The van der Waals surface area contributed by atoms with Crippen LogP contribution in [0.4, 0.5) is 4.39 Å². The van der Waals surface area contributed by atoms with Gasteiger partial charge in [0.15, 0.2) is 0 Å². The van der Waals surface area contributed by atoms with E-state index in [0.717, 1.165) is 17.8 Å². The van der Waals surface area contributed by atoms with Gasteiger partial charge in [-0.25, -0.2) is 4.39 Å². The number of nitrogens with two attached hydrogens (primary N) is 2. The minimum absolute atomic E-state index is 0.218. The van der Waals surface area contributed by atoms with E-state index in [4.69, 9.17) is 10.5 Å². The topological polar surface area (TPSA) is 51.9 Å². The molecule has 2 aromatic rings. The van der Waals surface area contributed by atoms with Gasteiger partial charge < -0.3 is 15.8 Å². The molecule has 3 nitrogen and oxygen atoms in total. The monoisotopic (exact) mass is 355 g/mol. The lowest BCUT2D eigenvalue weighted by Gasteiger charge is -2.24. The maximum Gasteiger partial charge on any atom is 0.129 e. The van der Waals surface area contributed by atoms with E-state index < -0.39 is 0 Å². The van der Waals surface area contributed by atoms with Crippen LogP contribution >= 0.6 is 0 Å². The predicted molar refractivity (Wildman–Crippen MR) is 100 cm³/mol. The minimum atomic E-state index is -0.218. The molecule has 2 unspecified atom stereocenters. The first-order valence-corrected chi connectivity index (χ1v) is 9.76. The van der Waals surface area contributed by atoms with Crippen LogP contribution in [0.3, 0.4) is 0 Å². The van der Waals surface area contributed by atoms with E-state index in [2.05, 4.69) is 17.4 Å². The number of quaternary nitrogens is 1. The molecular formula is C22H28FN2O+. The molecule has 4 rings (SSSR count). The quantitative estimate of drug-likeness (QED) is 0.837. The van der Waals surface area contributed by atoms with E-state index in [1.54, 1.807) is 12.1 Å². The molecule has 2 aliphatic carbocycles. The Balaban J connectivity index is 1.27. The van der Waals surface area contributed by atoms with Gasteiger partial charge in [0.1, 0.15) is 18.2 Å². The van der Waals surface area contributed by atoms with Crippen LogP contribution < -0.4 is 15.8 Å². The third kappa shape index (κ3) is 4.25. The molecule has 0 saturated heterocycles. The van der Waals surface area contributed by atoms with Crippen molar-refractivity contribution >= 4 is 0 Å². The summed E-state index contributed by atoms with van der Waals surface area (Å²) in [5, 5.41) is 2.58. The van der Waals surface area contributed by atoms with Crippen LogP contribution in [0.1, 0.15) is 49.1 Å². The van der Waals surface area contributed by atoms with Gasteiger partial charge in [-0.2, -0.15) is 0 Å². The van der Waals surface area contributed by atoms with E-state index in [1.165, 1.54) is 43.7 Å². The average molecular weight is 355 g/mol. The average Bonchev–Trinajstić information content (AvgIpc) is 3.43. The standard InChI is InChI=1S/C22H27FN2O/c23-21-4-2-1-3-16(21)14-26-19-11-5-15(6-12-19)20-13-22(20)25-18-9-7-17(24)8-10-18/h1-6,11-12,17-18,20,22,25H,7-10,13-14,24H2/p+1. The summed E-state index contributed by atoms with van der Waals surface area (Å²) < 4.78 is 19.4. The van der Waals surface area contributed by atoms with Gasteiger partial charge in [0, 0.05) is 36.8 Å². The normalized spacial score (nSPS) is 27.9. The number of rotatable bonds is 6. The molecule has 26 heavy (non-hydrogen) atoms. The van der Waals surface area contributed by atoms with Gasteiger partial charge in [0.2, 0.25) is 0 Å². The Labute approximate surface area is 154 Å². The van der Waals surface area contributed by atoms with E-state index in [9.17, 15) is 4.39 Å². The van der Waals surface area contributed by atoms with Crippen molar-refractivity contribution in [1.82, 2.24) is 0 Å². The second-order valence-corrected chi connectivity index (χ2v) is 7.82. The summed E-state index contributed by atoms with van der Waals surface area (Å²) in [7, 11) is 0. The molecule has 0 radical (unpaired) electrons. The maximum absolute atomic E-state index is 13.6. The lowest BCUT2D eigenvalue weighted by molar-refractivity contribution is -0.705. The Morgan fingerprint density at radius 3 is 2.46 bits per heavy atom. The molecule has 0 heterocycles. The van der Waals surface area contributed by atoms with Crippen LogP contribution in [0.2, 0.25) is 0 Å². The lowest BCUT2D eigenvalue weighted by atomic mass is 9.92. The van der Waals surface area contributed by atoms with Crippen molar-refractivity contribution in [2.24, 2.45) is 5.73 Å². The third-order valence-corrected chi connectivity index (χ3v) is 5.84. The molecule has 138 valence electrons. The molecule has 2 aliphatic rings. The molecule has 0 spiro atoms. The van der Waals surface area contributed by atoms with E-state index in [0.29, 0.717) is 17.5 Å². The summed E-state index contributed by atoms with van der Waals surface area (Å²) in [6.45, 7) is 0.260. The lowest BCUT2D eigenvalue weighted by Crippen LogP contribution is -2.92. The summed E-state index contributed by atoms with van der Waals surface area (Å²) in [5.74, 6) is 1.23. The second-order valence-electron chi connectivity index (χ2n) is 7.82. The highest BCUT2D eigenvalue weighted by molar-refractivity contribution is 5.33. The second kappa shape index (κ2) is 7.77. The molecule has 2 saturated carbocycles. The van der Waals surface area contributed by atoms with Crippen LogP contribution in [0, 0.1) is 5.82 Å². The number of benzene rings is 2. The minimum Gasteiger partial charge on any atom is -0.489 e. The van der Waals surface area contributed by atoms with E-state index >= 15 is 0 Å². The molecule has 0 bridgehead atoms. The van der Waals surface area contributed by atoms with Crippen LogP contribution in [-0.2, 0) is 6.61 Å². The van der Waals surface area contributed by atoms with Gasteiger partial charge in [0.25, 0.3) is 0 Å². The Kier molecular flexibility index (Phi) is 5.23. The van der Waals surface area contributed by atoms with Crippen molar-refractivity contribution in [3.63, 3.8) is 0 Å². The molecule has 0 aliphatic heterocycles. The highest BCUT2D eigenvalue weighted by Crippen LogP contribution is 2.39. The number of halogens is 1. The zero-order valence-corrected chi connectivity index (χ0v) is 15.1. The van der Waals surface area contributed by atoms with E-state index in [-0.39, 0.29) is 12.4 Å². The van der Waals surface area contributed by atoms with Crippen molar-refractivity contribution in [1.29, 1.82) is 0 Å². The number of ether oxygens (including phenoxy) is 1. The van der Waals surface area contributed by atoms with Crippen molar-refractivity contribution < 1.29 is 14.4 Å². The Hall–Kier alpha value is -1.91. The smallest absolute Gasteiger partial charge is 0.129 e. The molecule has 0 amide bonds. The van der Waals surface area contributed by atoms with Gasteiger partial charge in [-0.1, -0.05) is 30.3 Å². The van der Waals surface area contributed by atoms with Gasteiger partial charge in [-0.15, -0.1) is 0 Å². The van der Waals surface area contributed by atoms with Crippen molar-refractivity contribution in [2.45, 2.75) is 62.8 Å². The fraction of sp³-hybridized carbons (Fsp3) is 0.455. The zero-order chi connectivity index (χ0) is 17.9. The summed E-state index contributed by atoms with van der Waals surface area (Å²) >= 11 is 0. The Morgan fingerprint density at radius 2 is 1.73 bits per heavy atom. The SMILES string of the molecule is NC1CCC([NH2+]C2CC2c2ccc(OCc3ccccc3F)cc2)CC1. The fourth-order valence-electron chi connectivity index (χ4n) is 4.09. The largest absolute Gasteiger partial charge is 0.489 e. The summed E-state index contributed by atoms with van der Waals surface area (Å²) in [5.41, 5.74) is 7.97. The molecular weight excluding hydrogens is 327 g/mol. The first kappa shape index (κ1) is 17.5. The zero-order valence-electron chi connectivity index (χ0n) is 15.1. The number of hydrogen-bond acceptors (Lipinski definition) is 2. The maximum atomic E-state index is 13.6. The number of hydrogen-bond donors (Lipinski definition) is 2. The Bertz CT molecular complexity index is 725. The van der Waals surface area contributed by atoms with Crippen LogP contribution in [0.15, 0.2) is 48.5 Å². The first-order valence-electron chi connectivity index (χ1n) is 9.76. The fourth-order valence-corrected chi connectivity index (χ4v) is 4.09. The van der Waals surface area contributed by atoms with E-state index in [1.807, 2.05) is 18.2 Å². The third-order valence-electron chi connectivity index (χ3n) is 5.84. The van der Waals surface area contributed by atoms with Gasteiger partial charge >= 0.3 is 0 Å². The van der Waals surface area contributed by atoms with Gasteiger partial charge in [-0.05, 0) is 36.6 Å². The predicted octanol–water partition coefficient (Wildman–Crippen LogP) is 3.09. The summed E-state index contributed by atoms with van der Waals surface area (Å²) in [6.07, 6.45) is 6.12. The van der Waals surface area contributed by atoms with Crippen molar-refractivity contribution in [2.75, 3.05) is 0 Å². The van der Waals surface area contributed by atoms with Crippen molar-refractivity contribution in [3.05, 3.63) is 65.5 Å².